The lowest BCUT2D eigenvalue weighted by molar-refractivity contribution is 0.0154. The number of carbonyl (C=O) groups excluding carboxylic acids is 1. The molecule has 0 atom stereocenters. The summed E-state index contributed by atoms with van der Waals surface area (Å²) < 4.78 is 0. The summed E-state index contributed by atoms with van der Waals surface area (Å²) in [4.78, 5) is 14.1. The molecule has 0 bridgehead atoms. The van der Waals surface area contributed by atoms with E-state index in [0.29, 0.717) is 12.2 Å². The molecule has 0 saturated heterocycles. The highest BCUT2D eigenvalue weighted by molar-refractivity contribution is 5.94. The minimum atomic E-state index is -0.691. The lowest BCUT2D eigenvalue weighted by Gasteiger charge is -2.28. The van der Waals surface area contributed by atoms with Crippen molar-refractivity contribution in [2.24, 2.45) is 0 Å². The smallest absolute Gasteiger partial charge is 0.274 e. The minimum Gasteiger partial charge on any atom is -0.388 e. The van der Waals surface area contributed by atoms with Gasteiger partial charge in [0.1, 0.15) is 0 Å². The molecule has 3 rings (SSSR count). The maximum Gasteiger partial charge on any atom is 0.274 e. The molecule has 104 valence electrons. The van der Waals surface area contributed by atoms with Crippen LogP contribution < -0.4 is 0 Å². The fourth-order valence-corrected chi connectivity index (χ4v) is 3.38. The Morgan fingerprint density at radius 2 is 2.11 bits per heavy atom. The highest BCUT2D eigenvalue weighted by atomic mass is 16.3. The fraction of sp³-hybridized carbons (Fsp3) is 0.714. The Morgan fingerprint density at radius 1 is 1.37 bits per heavy atom. The number of H-pyrrole nitrogens is 1. The Hall–Kier alpha value is -1.36. The molecule has 5 heteroatoms. The van der Waals surface area contributed by atoms with Gasteiger partial charge in [-0.15, -0.1) is 0 Å². The first-order valence-corrected chi connectivity index (χ1v) is 7.13. The predicted molar refractivity (Wildman–Crippen MR) is 71.0 cm³/mol. The minimum absolute atomic E-state index is 0.0697. The van der Waals surface area contributed by atoms with Crippen LogP contribution in [0.2, 0.25) is 0 Å². The van der Waals surface area contributed by atoms with Crippen molar-refractivity contribution in [3.63, 3.8) is 0 Å². The number of aliphatic hydroxyl groups is 1. The molecule has 1 amide bonds. The van der Waals surface area contributed by atoms with Gasteiger partial charge in [0.25, 0.3) is 5.91 Å². The highest BCUT2D eigenvalue weighted by Gasteiger charge is 2.34. The van der Waals surface area contributed by atoms with E-state index >= 15 is 0 Å². The summed E-state index contributed by atoms with van der Waals surface area (Å²) in [7, 11) is 1.76. The van der Waals surface area contributed by atoms with E-state index in [9.17, 15) is 9.90 Å². The normalized spacial score (nSPS) is 20.5. The van der Waals surface area contributed by atoms with E-state index in [4.69, 9.17) is 0 Å². The molecular formula is C14H21N3O2. The van der Waals surface area contributed by atoms with Crippen LogP contribution >= 0.6 is 0 Å². The first-order chi connectivity index (χ1) is 9.09. The second-order valence-electron chi connectivity index (χ2n) is 5.98. The van der Waals surface area contributed by atoms with Gasteiger partial charge in [-0.25, -0.2) is 0 Å². The Morgan fingerprint density at radius 3 is 2.84 bits per heavy atom. The van der Waals surface area contributed by atoms with Crippen molar-refractivity contribution in [3.05, 3.63) is 17.0 Å². The van der Waals surface area contributed by atoms with Gasteiger partial charge in [-0.2, -0.15) is 5.10 Å². The summed E-state index contributed by atoms with van der Waals surface area (Å²) in [6, 6.07) is 0. The molecule has 1 heterocycles. The number of rotatable bonds is 3. The van der Waals surface area contributed by atoms with Gasteiger partial charge < -0.3 is 10.0 Å². The molecule has 1 fully saturated rings. The monoisotopic (exact) mass is 263 g/mol. The molecule has 2 aliphatic rings. The van der Waals surface area contributed by atoms with E-state index < -0.39 is 5.60 Å². The lowest BCUT2D eigenvalue weighted by atomic mass is 10.0. The summed E-state index contributed by atoms with van der Waals surface area (Å²) in [5.41, 5.74) is 2.05. The number of carbonyl (C=O) groups is 1. The zero-order valence-corrected chi connectivity index (χ0v) is 11.4. The average Bonchev–Trinajstić information content (AvgIpc) is 3.03. The molecule has 2 N–H and O–H groups in total. The Balaban J connectivity index is 1.72. The molecule has 2 aliphatic carbocycles. The van der Waals surface area contributed by atoms with Crippen molar-refractivity contribution in [2.75, 3.05) is 13.6 Å². The summed E-state index contributed by atoms with van der Waals surface area (Å²) in [6.45, 7) is 0.410. The van der Waals surface area contributed by atoms with Crippen molar-refractivity contribution >= 4 is 5.91 Å². The molecule has 19 heavy (non-hydrogen) atoms. The van der Waals surface area contributed by atoms with Crippen LogP contribution in [-0.2, 0) is 12.8 Å². The summed E-state index contributed by atoms with van der Waals surface area (Å²) >= 11 is 0. The predicted octanol–water partition coefficient (Wildman–Crippen LogP) is 1.28. The maximum atomic E-state index is 12.4. The maximum absolute atomic E-state index is 12.4. The Labute approximate surface area is 113 Å². The third kappa shape index (κ3) is 2.27. The number of nitrogens with one attached hydrogen (secondary N) is 1. The zero-order chi connectivity index (χ0) is 13.5. The van der Waals surface area contributed by atoms with Gasteiger partial charge in [-0.3, -0.25) is 9.89 Å². The Kier molecular flexibility index (Phi) is 3.09. The Bertz CT molecular complexity index is 489. The quantitative estimate of drug-likeness (QED) is 0.863. The van der Waals surface area contributed by atoms with E-state index in [1.807, 2.05) is 0 Å². The van der Waals surface area contributed by atoms with E-state index in [2.05, 4.69) is 10.2 Å². The van der Waals surface area contributed by atoms with E-state index in [-0.39, 0.29) is 5.91 Å². The van der Waals surface area contributed by atoms with Crippen molar-refractivity contribution in [1.29, 1.82) is 0 Å². The van der Waals surface area contributed by atoms with Gasteiger partial charge in [-0.1, -0.05) is 12.8 Å². The number of hydrogen-bond donors (Lipinski definition) is 2. The molecule has 1 aromatic rings. The van der Waals surface area contributed by atoms with Crippen molar-refractivity contribution in [3.8, 4) is 0 Å². The number of fused-ring (bicyclic) bond motifs is 1. The van der Waals surface area contributed by atoms with Crippen LogP contribution in [0.1, 0.15) is 53.8 Å². The van der Waals surface area contributed by atoms with Crippen LogP contribution in [0.25, 0.3) is 0 Å². The summed E-state index contributed by atoms with van der Waals surface area (Å²) in [5, 5.41) is 17.5. The third-order valence-electron chi connectivity index (χ3n) is 4.42. The van der Waals surface area contributed by atoms with Crippen LogP contribution in [0, 0.1) is 0 Å². The summed E-state index contributed by atoms with van der Waals surface area (Å²) in [5.74, 6) is -0.0697. The standard InChI is InChI=1S/C14H21N3O2/c1-17(9-14(19)7-2-3-8-14)13(18)12-10-5-4-6-11(10)15-16-12/h19H,2-9H2,1H3,(H,15,16). The van der Waals surface area contributed by atoms with Gasteiger partial charge in [0.05, 0.1) is 5.60 Å². The third-order valence-corrected chi connectivity index (χ3v) is 4.42. The molecule has 0 aliphatic heterocycles. The van der Waals surface area contributed by atoms with Crippen LogP contribution in [0.3, 0.4) is 0 Å². The average molecular weight is 263 g/mol. The molecule has 1 saturated carbocycles. The molecule has 1 aromatic heterocycles. The van der Waals surface area contributed by atoms with E-state index in [1.165, 1.54) is 0 Å². The number of aromatic nitrogens is 2. The second kappa shape index (κ2) is 4.63. The second-order valence-corrected chi connectivity index (χ2v) is 5.98. The molecule has 0 spiro atoms. The van der Waals surface area contributed by atoms with Crippen LogP contribution in [-0.4, -0.2) is 45.3 Å². The molecule has 5 nitrogen and oxygen atoms in total. The zero-order valence-electron chi connectivity index (χ0n) is 11.4. The molecule has 0 radical (unpaired) electrons. The van der Waals surface area contributed by atoms with Crippen molar-refractivity contribution < 1.29 is 9.90 Å². The number of amides is 1. The van der Waals surface area contributed by atoms with Crippen LogP contribution in [0.4, 0.5) is 0 Å². The number of aromatic amines is 1. The number of nitrogens with zero attached hydrogens (tertiary/aromatic N) is 2. The first kappa shape index (κ1) is 12.7. The topological polar surface area (TPSA) is 69.2 Å². The van der Waals surface area contributed by atoms with Crippen molar-refractivity contribution in [2.45, 2.75) is 50.5 Å². The van der Waals surface area contributed by atoms with Crippen molar-refractivity contribution in [1.82, 2.24) is 15.1 Å². The van der Waals surface area contributed by atoms with Gasteiger partial charge in [0.2, 0.25) is 0 Å². The molecule has 0 unspecified atom stereocenters. The van der Waals surface area contributed by atoms with Gasteiger partial charge in [-0.05, 0) is 32.1 Å². The highest BCUT2D eigenvalue weighted by Crippen LogP contribution is 2.30. The van der Waals surface area contributed by atoms with E-state index in [1.54, 1.807) is 11.9 Å². The lowest BCUT2D eigenvalue weighted by Crippen LogP contribution is -2.42. The van der Waals surface area contributed by atoms with Crippen LogP contribution in [0.15, 0.2) is 0 Å². The number of hydrogen-bond acceptors (Lipinski definition) is 3. The largest absolute Gasteiger partial charge is 0.388 e. The van der Waals surface area contributed by atoms with Gasteiger partial charge in [0, 0.05) is 24.8 Å². The summed E-state index contributed by atoms with van der Waals surface area (Å²) in [6.07, 6.45) is 6.71. The fourth-order valence-electron chi connectivity index (χ4n) is 3.38. The first-order valence-electron chi connectivity index (χ1n) is 7.13. The van der Waals surface area contributed by atoms with E-state index in [0.717, 1.165) is 56.2 Å². The SMILES string of the molecule is CN(CC1(O)CCCC1)C(=O)c1n[nH]c2c1CCC2. The molecule has 0 aromatic carbocycles. The molecular weight excluding hydrogens is 242 g/mol. The van der Waals surface area contributed by atoms with Gasteiger partial charge in [0.15, 0.2) is 5.69 Å². The van der Waals surface area contributed by atoms with Crippen LogP contribution in [0.5, 0.6) is 0 Å². The number of likely N-dealkylation sites (N-methyl/N-ethyl adjacent to an activating group) is 1. The number of aryl methyl sites for hydroxylation is 1. The van der Waals surface area contributed by atoms with Gasteiger partial charge >= 0.3 is 0 Å².